The van der Waals surface area contributed by atoms with E-state index in [9.17, 15) is 0 Å². The second kappa shape index (κ2) is 12.9. The van der Waals surface area contributed by atoms with Crippen LogP contribution in [-0.2, 0) is 54.9 Å². The van der Waals surface area contributed by atoms with Crippen molar-refractivity contribution in [2.45, 2.75) is 0 Å². The van der Waals surface area contributed by atoms with E-state index in [2.05, 4.69) is 0 Å². The Kier molecular flexibility index (Phi) is 43.3. The van der Waals surface area contributed by atoms with E-state index in [0.29, 0.717) is 0 Å². The van der Waals surface area contributed by atoms with E-state index < -0.39 is 7.82 Å². The first-order chi connectivity index (χ1) is 2.00. The summed E-state index contributed by atoms with van der Waals surface area (Å²) in [7, 11) is -4.64. The zero-order chi connectivity index (χ0) is 4.50. The van der Waals surface area contributed by atoms with Crippen molar-refractivity contribution < 1.29 is 69.6 Å². The molecule has 4 nitrogen and oxygen atoms in total. The molecule has 0 saturated heterocycles. The molecule has 2 radical (unpaired) electrons. The van der Waals surface area contributed by atoms with E-state index >= 15 is 0 Å². The van der Waals surface area contributed by atoms with Crippen LogP contribution in [0.15, 0.2) is 0 Å². The van der Waals surface area contributed by atoms with Crippen molar-refractivity contribution in [3.63, 3.8) is 0 Å². The van der Waals surface area contributed by atoms with Crippen molar-refractivity contribution in [3.8, 4) is 0 Å². The Hall–Kier alpha value is 2.23. The third-order valence-corrected chi connectivity index (χ3v) is 0. The molecular formula is H4CoLiMnNiO4P. The van der Waals surface area contributed by atoms with Crippen molar-refractivity contribution in [2.75, 3.05) is 0 Å². The normalized spacial score (nSPS) is 6.56. The van der Waals surface area contributed by atoms with Crippen LogP contribution in [0.2, 0.25) is 0 Å². The van der Waals surface area contributed by atoms with Crippen LogP contribution in [0.1, 0.15) is 0 Å². The van der Waals surface area contributed by atoms with E-state index in [0.717, 1.165) is 0 Å². The quantitative estimate of drug-likeness (QED) is 0.369. The van der Waals surface area contributed by atoms with E-state index in [-0.39, 0.29) is 69.2 Å². The fraction of sp³-hybridized carbons (Fsp3) is 0. The van der Waals surface area contributed by atoms with Gasteiger partial charge >= 0.3 is 26.7 Å². The second-order valence-electron chi connectivity index (χ2n) is 0.513. The third kappa shape index (κ3) is 140. The smallest absolute Gasteiger partial charge is 0 e. The van der Waals surface area contributed by atoms with Gasteiger partial charge in [-0.3, -0.25) is 0 Å². The summed E-state index contributed by atoms with van der Waals surface area (Å²) in [5, 5.41) is 0. The average molecular weight is 279 g/mol. The molecule has 0 aliphatic rings. The van der Waals surface area contributed by atoms with Gasteiger partial charge < -0.3 is 14.7 Å². The fourth-order valence-corrected chi connectivity index (χ4v) is 0. The van der Waals surface area contributed by atoms with Gasteiger partial charge in [-0.05, 0) is 0 Å². The van der Waals surface area contributed by atoms with Crippen LogP contribution >= 0.6 is 7.82 Å². The van der Waals surface area contributed by atoms with Crippen LogP contribution in [0.25, 0.3) is 0 Å². The van der Waals surface area contributed by atoms with Gasteiger partial charge in [0.1, 0.15) is 0 Å². The first kappa shape index (κ1) is 30.3. The molecule has 0 spiro atoms. The van der Waals surface area contributed by atoms with Crippen LogP contribution < -0.4 is 0 Å². The van der Waals surface area contributed by atoms with Gasteiger partial charge in [-0.15, -0.1) is 0 Å². The topological polar surface area (TPSA) is 77.8 Å². The molecule has 9 heavy (non-hydrogen) atoms. The van der Waals surface area contributed by atoms with Crippen molar-refractivity contribution in [1.29, 1.82) is 0 Å². The van der Waals surface area contributed by atoms with Gasteiger partial charge in [0.25, 0.3) is 0 Å². The first-order valence-corrected chi connectivity index (χ1v) is 2.35. The minimum atomic E-state index is -4.64. The predicted octanol–water partition coefficient (Wildman–Crippen LogP) is -1.58. The third-order valence-electron chi connectivity index (χ3n) is 0. The monoisotopic (exact) mass is 278 g/mol. The standard InChI is InChI=1S/Co.Li.Mn.Ni.H3O4P.H/c;;;;1-5(2,3)4;/h;;;;(H3,1,2,3,4);. The van der Waals surface area contributed by atoms with E-state index in [1.54, 1.807) is 0 Å². The number of hydrogen-bond acceptors (Lipinski definition) is 1. The molecule has 0 heterocycles. The Balaban J connectivity index is -0.0000000133. The fourth-order valence-electron chi connectivity index (χ4n) is 0. The maximum atomic E-state index is 8.88. The van der Waals surface area contributed by atoms with Crippen LogP contribution in [0.5, 0.6) is 0 Å². The summed E-state index contributed by atoms with van der Waals surface area (Å²) in [4.78, 5) is 21.6. The molecule has 0 amide bonds. The predicted molar refractivity (Wildman–Crippen MR) is 21.4 cm³/mol. The van der Waals surface area contributed by atoms with E-state index in [4.69, 9.17) is 19.2 Å². The van der Waals surface area contributed by atoms with Gasteiger partial charge in [0.15, 0.2) is 0 Å². The summed E-state index contributed by atoms with van der Waals surface area (Å²) in [5.74, 6) is 0. The second-order valence-corrected chi connectivity index (χ2v) is 1.54. The van der Waals surface area contributed by atoms with Crippen LogP contribution in [0.3, 0.4) is 0 Å². The zero-order valence-corrected chi connectivity index (χ0v) is 7.33. The molecule has 9 heteroatoms. The summed E-state index contributed by atoms with van der Waals surface area (Å²) < 4.78 is 8.88. The van der Waals surface area contributed by atoms with Crippen molar-refractivity contribution in [2.24, 2.45) is 0 Å². The summed E-state index contributed by atoms with van der Waals surface area (Å²) >= 11 is 0. The molecule has 0 aromatic carbocycles. The molecule has 0 atom stereocenters. The van der Waals surface area contributed by atoms with Gasteiger partial charge in [0.2, 0.25) is 0 Å². The van der Waals surface area contributed by atoms with Crippen LogP contribution in [0.4, 0.5) is 0 Å². The minimum Gasteiger partial charge on any atom is 0 e. The molecule has 0 unspecified atom stereocenters. The van der Waals surface area contributed by atoms with Gasteiger partial charge in [-0.25, -0.2) is 4.57 Å². The van der Waals surface area contributed by atoms with E-state index in [1.165, 1.54) is 0 Å². The van der Waals surface area contributed by atoms with Crippen LogP contribution in [0, 0.1) is 0 Å². The number of phosphoric acid groups is 1. The maximum absolute atomic E-state index is 8.88. The first-order valence-electron chi connectivity index (χ1n) is 0.783. The summed E-state index contributed by atoms with van der Waals surface area (Å²) in [6.07, 6.45) is 0. The molecular weight excluding hydrogens is 274 g/mol. The SMILES string of the molecule is O=P(O)(O)O.[Co].[LiH].[Mn].[Ni]. The zero-order valence-electron chi connectivity index (χ0n) is 3.22. The Labute approximate surface area is 95.6 Å². The molecule has 0 aliphatic carbocycles. The van der Waals surface area contributed by atoms with Crippen molar-refractivity contribution >= 4 is 26.7 Å². The van der Waals surface area contributed by atoms with Crippen molar-refractivity contribution in [3.05, 3.63) is 0 Å². The Morgan fingerprint density at radius 2 is 1.11 bits per heavy atom. The molecule has 0 aliphatic heterocycles. The van der Waals surface area contributed by atoms with Gasteiger partial charge in [-0.2, -0.15) is 0 Å². The summed E-state index contributed by atoms with van der Waals surface area (Å²) in [6.45, 7) is 0. The van der Waals surface area contributed by atoms with Gasteiger partial charge in [0, 0.05) is 50.3 Å². The molecule has 0 bridgehead atoms. The molecule has 60 valence electrons. The molecule has 0 aromatic rings. The molecule has 0 saturated carbocycles. The Bertz CT molecular complexity index is 66.7. The largest absolute Gasteiger partial charge is 0 e. The molecule has 0 aromatic heterocycles. The number of hydrogen-bond donors (Lipinski definition) is 3. The van der Waals surface area contributed by atoms with Crippen molar-refractivity contribution in [1.82, 2.24) is 0 Å². The minimum absolute atomic E-state index is 0. The molecule has 0 rings (SSSR count). The Morgan fingerprint density at radius 1 is 1.11 bits per heavy atom. The Morgan fingerprint density at radius 3 is 1.11 bits per heavy atom. The number of rotatable bonds is 0. The maximum Gasteiger partial charge on any atom is 0 e. The summed E-state index contributed by atoms with van der Waals surface area (Å²) in [6, 6.07) is 0. The summed E-state index contributed by atoms with van der Waals surface area (Å²) in [5.41, 5.74) is 0. The van der Waals surface area contributed by atoms with Gasteiger partial charge in [0.05, 0.1) is 0 Å². The average Bonchev–Trinajstić information content (AvgIpc) is 0.722. The molecule has 3 N–H and O–H groups in total. The van der Waals surface area contributed by atoms with Crippen LogP contribution in [-0.4, -0.2) is 33.5 Å². The molecule has 0 fully saturated rings. The van der Waals surface area contributed by atoms with Gasteiger partial charge in [-0.1, -0.05) is 0 Å². The van der Waals surface area contributed by atoms with E-state index in [1.807, 2.05) is 0 Å².